The number of aromatic nitrogens is 3. The standard InChI is InChI=1S/C22H24N6O/c29-22(19-15-28(26-25-19)17-9-12-23-13-10-17)24-18-6-2-4-8-21(18)27-14-11-16-5-1-3-7-20(16)27/h1-8,15,17,23H,9-14H2,(H,24,29). The summed E-state index contributed by atoms with van der Waals surface area (Å²) in [6.45, 7) is 2.84. The molecule has 0 radical (unpaired) electrons. The summed E-state index contributed by atoms with van der Waals surface area (Å²) in [5.41, 5.74) is 4.66. The largest absolute Gasteiger partial charge is 0.339 e. The lowest BCUT2D eigenvalue weighted by Crippen LogP contribution is -2.29. The molecule has 0 bridgehead atoms. The van der Waals surface area contributed by atoms with Crippen LogP contribution < -0.4 is 15.5 Å². The Morgan fingerprint density at radius 1 is 1.03 bits per heavy atom. The summed E-state index contributed by atoms with van der Waals surface area (Å²) in [6, 6.07) is 16.6. The van der Waals surface area contributed by atoms with Crippen molar-refractivity contribution >= 4 is 23.0 Å². The molecule has 29 heavy (non-hydrogen) atoms. The fourth-order valence-corrected chi connectivity index (χ4v) is 4.22. The molecule has 1 saturated heterocycles. The summed E-state index contributed by atoms with van der Waals surface area (Å²) < 4.78 is 1.83. The van der Waals surface area contributed by atoms with Crippen LogP contribution in [0.15, 0.2) is 54.7 Å². The Kier molecular flexibility index (Phi) is 4.73. The van der Waals surface area contributed by atoms with Crippen molar-refractivity contribution in [2.24, 2.45) is 0 Å². The number of anilines is 3. The molecule has 3 aromatic rings. The topological polar surface area (TPSA) is 75.1 Å². The molecule has 2 aromatic carbocycles. The first-order chi connectivity index (χ1) is 14.3. The first-order valence-corrected chi connectivity index (χ1v) is 10.2. The molecular weight excluding hydrogens is 364 g/mol. The van der Waals surface area contributed by atoms with Gasteiger partial charge in [-0.05, 0) is 56.1 Å². The van der Waals surface area contributed by atoms with Gasteiger partial charge in [-0.2, -0.15) is 0 Å². The SMILES string of the molecule is O=C(Nc1ccccc1N1CCc2ccccc21)c1cn(C2CCNCC2)nn1. The zero-order valence-corrected chi connectivity index (χ0v) is 16.2. The number of fused-ring (bicyclic) bond motifs is 1. The molecule has 7 nitrogen and oxygen atoms in total. The van der Waals surface area contributed by atoms with E-state index in [1.807, 2.05) is 28.9 Å². The minimum Gasteiger partial charge on any atom is -0.339 e. The lowest BCUT2D eigenvalue weighted by atomic mass is 10.1. The van der Waals surface area contributed by atoms with Crippen molar-refractivity contribution in [3.8, 4) is 0 Å². The molecule has 7 heteroatoms. The number of carbonyl (C=O) groups excluding carboxylic acids is 1. The van der Waals surface area contributed by atoms with Crippen LogP contribution in [0.3, 0.4) is 0 Å². The van der Waals surface area contributed by atoms with E-state index in [-0.39, 0.29) is 5.91 Å². The third kappa shape index (κ3) is 3.49. The predicted octanol–water partition coefficient (Wildman–Crippen LogP) is 3.15. The zero-order chi connectivity index (χ0) is 19.6. The smallest absolute Gasteiger partial charge is 0.277 e. The van der Waals surface area contributed by atoms with Crippen molar-refractivity contribution in [1.82, 2.24) is 20.3 Å². The third-order valence-corrected chi connectivity index (χ3v) is 5.76. The van der Waals surface area contributed by atoms with Crippen LogP contribution in [0.25, 0.3) is 0 Å². The Labute approximate surface area is 169 Å². The first kappa shape index (κ1) is 17.9. The van der Waals surface area contributed by atoms with E-state index >= 15 is 0 Å². The van der Waals surface area contributed by atoms with Crippen molar-refractivity contribution in [3.63, 3.8) is 0 Å². The second kappa shape index (κ2) is 7.67. The number of rotatable bonds is 4. The van der Waals surface area contributed by atoms with Gasteiger partial charge in [0.15, 0.2) is 5.69 Å². The van der Waals surface area contributed by atoms with E-state index in [0.29, 0.717) is 11.7 Å². The number of amides is 1. The minimum absolute atomic E-state index is 0.231. The van der Waals surface area contributed by atoms with Crippen LogP contribution in [0.5, 0.6) is 0 Å². The van der Waals surface area contributed by atoms with Crippen molar-refractivity contribution in [2.75, 3.05) is 29.9 Å². The van der Waals surface area contributed by atoms with E-state index in [1.165, 1.54) is 11.3 Å². The van der Waals surface area contributed by atoms with Gasteiger partial charge in [-0.15, -0.1) is 5.10 Å². The maximum atomic E-state index is 12.9. The molecule has 1 fully saturated rings. The van der Waals surface area contributed by atoms with Crippen molar-refractivity contribution in [3.05, 3.63) is 66.0 Å². The maximum absolute atomic E-state index is 12.9. The molecule has 148 valence electrons. The highest BCUT2D eigenvalue weighted by molar-refractivity contribution is 6.04. The highest BCUT2D eigenvalue weighted by Crippen LogP contribution is 2.38. The number of nitrogens with one attached hydrogen (secondary N) is 2. The Morgan fingerprint density at radius 2 is 1.79 bits per heavy atom. The average Bonchev–Trinajstić information content (AvgIpc) is 3.43. The van der Waals surface area contributed by atoms with E-state index in [2.05, 4.69) is 50.1 Å². The van der Waals surface area contributed by atoms with E-state index in [1.54, 1.807) is 6.20 Å². The molecule has 3 heterocycles. The van der Waals surface area contributed by atoms with Gasteiger partial charge in [0.25, 0.3) is 5.91 Å². The van der Waals surface area contributed by atoms with Crippen LogP contribution in [0.2, 0.25) is 0 Å². The Hall–Kier alpha value is -3.19. The number of nitrogens with zero attached hydrogens (tertiary/aromatic N) is 4. The van der Waals surface area contributed by atoms with Gasteiger partial charge in [-0.1, -0.05) is 35.5 Å². The molecule has 5 rings (SSSR count). The Bertz CT molecular complexity index is 1020. The fraction of sp³-hybridized carbons (Fsp3) is 0.318. The number of benzene rings is 2. The number of hydrogen-bond acceptors (Lipinski definition) is 5. The van der Waals surface area contributed by atoms with Crippen molar-refractivity contribution in [1.29, 1.82) is 0 Å². The molecule has 2 N–H and O–H groups in total. The number of para-hydroxylation sites is 3. The van der Waals surface area contributed by atoms with Gasteiger partial charge in [0.2, 0.25) is 0 Å². The van der Waals surface area contributed by atoms with Gasteiger partial charge in [0.05, 0.1) is 23.6 Å². The monoisotopic (exact) mass is 388 g/mol. The second-order valence-electron chi connectivity index (χ2n) is 7.57. The summed E-state index contributed by atoms with van der Waals surface area (Å²) in [7, 11) is 0. The van der Waals surface area contributed by atoms with E-state index in [4.69, 9.17) is 0 Å². The number of piperidine rings is 1. The quantitative estimate of drug-likeness (QED) is 0.718. The molecule has 0 unspecified atom stereocenters. The minimum atomic E-state index is -0.231. The van der Waals surface area contributed by atoms with E-state index in [0.717, 1.165) is 50.3 Å². The van der Waals surface area contributed by atoms with Gasteiger partial charge in [-0.3, -0.25) is 4.79 Å². The first-order valence-electron chi connectivity index (χ1n) is 10.2. The van der Waals surface area contributed by atoms with Crippen molar-refractivity contribution in [2.45, 2.75) is 25.3 Å². The van der Waals surface area contributed by atoms with E-state index < -0.39 is 0 Å². The molecule has 1 amide bonds. The van der Waals surface area contributed by atoms with Crippen molar-refractivity contribution < 1.29 is 4.79 Å². The molecule has 0 spiro atoms. The molecule has 1 aromatic heterocycles. The summed E-state index contributed by atoms with van der Waals surface area (Å²) in [6.07, 6.45) is 4.77. The van der Waals surface area contributed by atoms with Crippen LogP contribution in [-0.4, -0.2) is 40.5 Å². The van der Waals surface area contributed by atoms with Crippen LogP contribution in [0, 0.1) is 0 Å². The lowest BCUT2D eigenvalue weighted by molar-refractivity contribution is 0.102. The van der Waals surface area contributed by atoms with Gasteiger partial charge < -0.3 is 15.5 Å². The molecule has 2 aliphatic rings. The highest BCUT2D eigenvalue weighted by Gasteiger charge is 2.23. The van der Waals surface area contributed by atoms with E-state index in [9.17, 15) is 4.79 Å². The molecule has 2 aliphatic heterocycles. The summed E-state index contributed by atoms with van der Waals surface area (Å²) >= 11 is 0. The molecular formula is C22H24N6O. The van der Waals surface area contributed by atoms with Gasteiger partial charge >= 0.3 is 0 Å². The van der Waals surface area contributed by atoms with Crippen LogP contribution in [0.1, 0.15) is 34.9 Å². The molecule has 0 aliphatic carbocycles. The Morgan fingerprint density at radius 3 is 2.66 bits per heavy atom. The van der Waals surface area contributed by atoms with Gasteiger partial charge in [0, 0.05) is 12.2 Å². The van der Waals surface area contributed by atoms with Gasteiger partial charge in [0.1, 0.15) is 0 Å². The predicted molar refractivity (Wildman–Crippen MR) is 113 cm³/mol. The summed E-state index contributed by atoms with van der Waals surface area (Å²) in [5.74, 6) is -0.231. The summed E-state index contributed by atoms with van der Waals surface area (Å²) in [5, 5.41) is 14.7. The average molecular weight is 388 g/mol. The Balaban J connectivity index is 1.36. The van der Waals surface area contributed by atoms with Gasteiger partial charge in [-0.25, -0.2) is 4.68 Å². The summed E-state index contributed by atoms with van der Waals surface area (Å²) in [4.78, 5) is 15.1. The number of carbonyl (C=O) groups is 1. The second-order valence-corrected chi connectivity index (χ2v) is 7.57. The fourth-order valence-electron chi connectivity index (χ4n) is 4.22. The van der Waals surface area contributed by atoms with Crippen LogP contribution >= 0.6 is 0 Å². The lowest BCUT2D eigenvalue weighted by Gasteiger charge is -2.23. The van der Waals surface area contributed by atoms with Crippen LogP contribution in [-0.2, 0) is 6.42 Å². The normalized spacial score (nSPS) is 16.6. The highest BCUT2D eigenvalue weighted by atomic mass is 16.2. The maximum Gasteiger partial charge on any atom is 0.277 e. The third-order valence-electron chi connectivity index (χ3n) is 5.76. The number of hydrogen-bond donors (Lipinski definition) is 2. The molecule has 0 saturated carbocycles. The molecule has 0 atom stereocenters. The van der Waals surface area contributed by atoms with Crippen LogP contribution in [0.4, 0.5) is 17.1 Å². The zero-order valence-electron chi connectivity index (χ0n) is 16.2.